The monoisotopic (exact) mass is 607 g/mol. The van der Waals surface area contributed by atoms with E-state index in [4.69, 9.17) is 11.5 Å². The largest absolute Gasteiger partial charge is 0.397 e. The lowest BCUT2D eigenvalue weighted by atomic mass is 9.92. The molecule has 45 heavy (non-hydrogen) atoms. The van der Waals surface area contributed by atoms with Gasteiger partial charge < -0.3 is 16.8 Å². The van der Waals surface area contributed by atoms with Crippen LogP contribution in [-0.4, -0.2) is 24.5 Å². The van der Waals surface area contributed by atoms with E-state index in [1.54, 1.807) is 24.3 Å². The number of nitrogen functional groups attached to an aromatic ring is 2. The van der Waals surface area contributed by atoms with Gasteiger partial charge >= 0.3 is 0 Å². The second-order valence-electron chi connectivity index (χ2n) is 11.1. The molecule has 0 atom stereocenters. The van der Waals surface area contributed by atoms with Crippen LogP contribution in [0.1, 0.15) is 20.7 Å². The fourth-order valence-electron chi connectivity index (χ4n) is 6.43. The maximum absolute atomic E-state index is 13.8. The van der Waals surface area contributed by atoms with Crippen LogP contribution in [0.25, 0.3) is 10.8 Å². The van der Waals surface area contributed by atoms with Crippen LogP contribution in [-0.2, 0) is 0 Å². The number of nitrogens with zero attached hydrogens (tertiary/aromatic N) is 1. The average molecular weight is 608 g/mol. The number of amides is 2. The minimum atomic E-state index is -2.03. The summed E-state index contributed by atoms with van der Waals surface area (Å²) >= 11 is 0. The van der Waals surface area contributed by atoms with Gasteiger partial charge in [0.1, 0.15) is 23.2 Å². The topological polar surface area (TPSA) is 101 Å². The molecular formula is C38H32N4O2P+. The molecule has 7 heteroatoms. The first-order chi connectivity index (χ1) is 22.0. The van der Waals surface area contributed by atoms with E-state index in [9.17, 15) is 9.59 Å². The van der Waals surface area contributed by atoms with Gasteiger partial charge in [-0.3, -0.25) is 9.59 Å². The Morgan fingerprint density at radius 1 is 0.578 bits per heavy atom. The zero-order valence-electron chi connectivity index (χ0n) is 24.6. The van der Waals surface area contributed by atoms with Gasteiger partial charge in [0.15, 0.2) is 0 Å². The molecule has 0 unspecified atom stereocenters. The van der Waals surface area contributed by atoms with E-state index in [0.29, 0.717) is 40.1 Å². The fraction of sp³-hybridized carbons (Fsp3) is 0.0526. The molecule has 2 amide bonds. The Labute approximate surface area is 262 Å². The van der Waals surface area contributed by atoms with E-state index in [-0.39, 0.29) is 11.8 Å². The van der Waals surface area contributed by atoms with Crippen LogP contribution in [0.2, 0.25) is 0 Å². The van der Waals surface area contributed by atoms with Crippen molar-refractivity contribution >= 4 is 68.5 Å². The standard InChI is InChI=1S/C38H31N4O2P/c39-33-21-19-26(25-34(33)40)42-37(43)31-18-10-17-30-35(22-20-32(36(30)31)38(42)44)41-23-24-45(27-11-4-1-5-12-27,28-13-6-2-7-14-28)29-15-8-3-9-16-29/h1-22,25H,23-24,39-40H2/p+1. The normalized spacial score (nSPS) is 12.8. The molecule has 0 bridgehead atoms. The Balaban J connectivity index is 1.26. The third-order valence-corrected chi connectivity index (χ3v) is 13.0. The summed E-state index contributed by atoms with van der Waals surface area (Å²) in [5, 5.41) is 9.16. The summed E-state index contributed by atoms with van der Waals surface area (Å²) in [4.78, 5) is 28.7. The van der Waals surface area contributed by atoms with Gasteiger partial charge in [-0.2, -0.15) is 0 Å². The van der Waals surface area contributed by atoms with Gasteiger partial charge in [-0.1, -0.05) is 66.7 Å². The van der Waals surface area contributed by atoms with Crippen molar-refractivity contribution in [3.05, 3.63) is 151 Å². The minimum Gasteiger partial charge on any atom is -0.397 e. The molecule has 6 nitrogen and oxygen atoms in total. The SMILES string of the molecule is Nc1ccc(N2C(=O)c3cccc4c(NCC[P+](c5ccccc5)(c5ccccc5)c5ccccc5)ccc(c34)C2=O)cc1N. The van der Waals surface area contributed by atoms with Gasteiger partial charge in [0, 0.05) is 34.1 Å². The van der Waals surface area contributed by atoms with Crippen molar-refractivity contribution < 1.29 is 9.59 Å². The summed E-state index contributed by atoms with van der Waals surface area (Å²) < 4.78 is 0. The highest BCUT2D eigenvalue weighted by atomic mass is 31.2. The van der Waals surface area contributed by atoms with Crippen LogP contribution in [0.5, 0.6) is 0 Å². The molecule has 0 saturated heterocycles. The number of nitrogens with two attached hydrogens (primary N) is 2. The molecule has 1 heterocycles. The molecule has 1 aliphatic rings. The number of imide groups is 1. The molecular weight excluding hydrogens is 575 g/mol. The molecule has 0 aromatic heterocycles. The maximum atomic E-state index is 13.8. The third kappa shape index (κ3) is 4.80. The highest BCUT2D eigenvalue weighted by molar-refractivity contribution is 7.95. The van der Waals surface area contributed by atoms with Crippen LogP contribution >= 0.6 is 7.26 Å². The molecule has 0 spiro atoms. The quantitative estimate of drug-likeness (QED) is 0.109. The Bertz CT molecular complexity index is 1930. The number of hydrogen-bond donors (Lipinski definition) is 3. The second kappa shape index (κ2) is 11.6. The van der Waals surface area contributed by atoms with Crippen molar-refractivity contribution in [3.8, 4) is 0 Å². The maximum Gasteiger partial charge on any atom is 0.265 e. The lowest BCUT2D eigenvalue weighted by Crippen LogP contribution is -2.40. The number of hydrogen-bond acceptors (Lipinski definition) is 5. The smallest absolute Gasteiger partial charge is 0.265 e. The predicted octanol–water partition coefficient (Wildman–Crippen LogP) is 6.21. The molecule has 220 valence electrons. The van der Waals surface area contributed by atoms with E-state index in [2.05, 4.69) is 96.3 Å². The molecule has 1 aliphatic heterocycles. The Morgan fingerprint density at radius 3 is 1.69 bits per heavy atom. The highest BCUT2D eigenvalue weighted by Gasteiger charge is 2.44. The van der Waals surface area contributed by atoms with Crippen molar-refractivity contribution in [2.24, 2.45) is 0 Å². The van der Waals surface area contributed by atoms with Crippen LogP contribution in [0, 0.1) is 0 Å². The number of benzene rings is 6. The zero-order valence-corrected chi connectivity index (χ0v) is 25.5. The first-order valence-corrected chi connectivity index (χ1v) is 16.8. The molecule has 0 aliphatic carbocycles. The Morgan fingerprint density at radius 2 is 1.13 bits per heavy atom. The average Bonchev–Trinajstić information content (AvgIpc) is 3.09. The first kappa shape index (κ1) is 28.3. The van der Waals surface area contributed by atoms with E-state index in [1.165, 1.54) is 20.8 Å². The van der Waals surface area contributed by atoms with Crippen LogP contribution in [0.15, 0.2) is 140 Å². The molecule has 6 aromatic carbocycles. The number of anilines is 4. The van der Waals surface area contributed by atoms with Gasteiger partial charge in [-0.25, -0.2) is 4.90 Å². The fourth-order valence-corrected chi connectivity index (χ4v) is 10.6. The third-order valence-electron chi connectivity index (χ3n) is 8.59. The Kier molecular flexibility index (Phi) is 7.28. The number of carbonyl (C=O) groups is 2. The van der Waals surface area contributed by atoms with Crippen molar-refractivity contribution in [2.45, 2.75) is 0 Å². The number of rotatable bonds is 8. The first-order valence-electron chi connectivity index (χ1n) is 14.9. The summed E-state index contributed by atoms with van der Waals surface area (Å²) in [5.74, 6) is -0.775. The van der Waals surface area contributed by atoms with Crippen molar-refractivity contribution in [2.75, 3.05) is 34.4 Å². The van der Waals surface area contributed by atoms with Crippen LogP contribution in [0.4, 0.5) is 22.7 Å². The predicted molar refractivity (Wildman–Crippen MR) is 189 cm³/mol. The number of carbonyl (C=O) groups excluding carboxylic acids is 2. The highest BCUT2D eigenvalue weighted by Crippen LogP contribution is 2.55. The van der Waals surface area contributed by atoms with E-state index in [1.807, 2.05) is 24.3 Å². The van der Waals surface area contributed by atoms with E-state index >= 15 is 0 Å². The number of nitrogens with one attached hydrogen (secondary N) is 1. The Hall–Kier alpha value is -5.45. The van der Waals surface area contributed by atoms with Crippen molar-refractivity contribution in [3.63, 3.8) is 0 Å². The lowest BCUT2D eigenvalue weighted by Gasteiger charge is -2.29. The zero-order chi connectivity index (χ0) is 31.0. The molecule has 5 N–H and O–H groups in total. The van der Waals surface area contributed by atoms with E-state index < -0.39 is 7.26 Å². The van der Waals surface area contributed by atoms with Gasteiger partial charge in [-0.05, 0) is 72.8 Å². The van der Waals surface area contributed by atoms with Crippen LogP contribution in [0.3, 0.4) is 0 Å². The summed E-state index contributed by atoms with van der Waals surface area (Å²) in [5.41, 5.74) is 14.8. The van der Waals surface area contributed by atoms with Gasteiger partial charge in [-0.15, -0.1) is 0 Å². The summed E-state index contributed by atoms with van der Waals surface area (Å²) in [6.45, 7) is 0.684. The molecule has 0 saturated carbocycles. The summed E-state index contributed by atoms with van der Waals surface area (Å²) in [6.07, 6.45) is 0.873. The molecule has 0 radical (unpaired) electrons. The lowest BCUT2D eigenvalue weighted by molar-refractivity contribution is 0.0893. The molecule has 0 fully saturated rings. The summed E-state index contributed by atoms with van der Waals surface area (Å²) in [6, 6.07) is 46.5. The second-order valence-corrected chi connectivity index (χ2v) is 14.7. The summed E-state index contributed by atoms with van der Waals surface area (Å²) in [7, 11) is -2.03. The van der Waals surface area contributed by atoms with Crippen molar-refractivity contribution in [1.29, 1.82) is 0 Å². The van der Waals surface area contributed by atoms with Crippen LogP contribution < -0.4 is 37.6 Å². The van der Waals surface area contributed by atoms with E-state index in [0.717, 1.165) is 17.2 Å². The minimum absolute atomic E-state index is 0.317. The molecule has 7 rings (SSSR count). The van der Waals surface area contributed by atoms with Crippen molar-refractivity contribution in [1.82, 2.24) is 0 Å². The molecule has 6 aromatic rings. The van der Waals surface area contributed by atoms with Gasteiger partial charge in [0.25, 0.3) is 11.8 Å². The van der Waals surface area contributed by atoms with Gasteiger partial charge in [0.2, 0.25) is 0 Å². The van der Waals surface area contributed by atoms with Gasteiger partial charge in [0.05, 0.1) is 23.2 Å².